The zero-order chi connectivity index (χ0) is 15.5. The van der Waals surface area contributed by atoms with E-state index in [1.54, 1.807) is 31.5 Å². The Morgan fingerprint density at radius 3 is 2.24 bits per heavy atom. The molecule has 3 heteroatoms. The van der Waals surface area contributed by atoms with Crippen molar-refractivity contribution in [2.45, 2.75) is 26.2 Å². The zero-order valence-corrected chi connectivity index (χ0v) is 12.9. The fraction of sp³-hybridized carbons (Fsp3) is 0.278. The van der Waals surface area contributed by atoms with E-state index < -0.39 is 0 Å². The number of rotatable bonds is 3. The largest absolute Gasteiger partial charge is 0.507 e. The van der Waals surface area contributed by atoms with Gasteiger partial charge in [0, 0.05) is 17.8 Å². The van der Waals surface area contributed by atoms with Crippen LogP contribution in [0.5, 0.6) is 11.5 Å². The second kappa shape index (κ2) is 6.00. The van der Waals surface area contributed by atoms with Gasteiger partial charge >= 0.3 is 0 Å². The second-order valence-corrected chi connectivity index (χ2v) is 5.98. The lowest BCUT2D eigenvalue weighted by Crippen LogP contribution is -2.10. The van der Waals surface area contributed by atoms with Gasteiger partial charge in [-0.05, 0) is 35.2 Å². The van der Waals surface area contributed by atoms with Gasteiger partial charge in [-0.2, -0.15) is 0 Å². The normalized spacial score (nSPS) is 11.8. The van der Waals surface area contributed by atoms with Crippen molar-refractivity contribution in [3.63, 3.8) is 0 Å². The fourth-order valence-electron chi connectivity index (χ4n) is 1.95. The van der Waals surface area contributed by atoms with Gasteiger partial charge < -0.3 is 9.84 Å². The smallest absolute Gasteiger partial charge is 0.128 e. The van der Waals surface area contributed by atoms with E-state index in [9.17, 15) is 5.11 Å². The lowest BCUT2D eigenvalue weighted by molar-refractivity contribution is 0.407. The Bertz CT molecular complexity index is 637. The molecule has 21 heavy (non-hydrogen) atoms. The molecular weight excluding hydrogens is 262 g/mol. The van der Waals surface area contributed by atoms with Gasteiger partial charge in [-0.1, -0.05) is 32.9 Å². The first kappa shape index (κ1) is 15.1. The minimum absolute atomic E-state index is 0.135. The number of aromatic hydroxyl groups is 1. The number of benzene rings is 2. The van der Waals surface area contributed by atoms with Crippen LogP contribution in [0.25, 0.3) is 0 Å². The topological polar surface area (TPSA) is 41.8 Å². The standard InChI is InChI=1S/C18H21NO2/c1-18(2,3)14-6-8-15(9-7-14)19-12-13-5-10-16(21-4)11-17(13)20/h5-12,20H,1-4H3. The predicted molar refractivity (Wildman–Crippen MR) is 87.1 cm³/mol. The fourth-order valence-corrected chi connectivity index (χ4v) is 1.95. The van der Waals surface area contributed by atoms with Crippen LogP contribution in [0.3, 0.4) is 0 Å². The highest BCUT2D eigenvalue weighted by atomic mass is 16.5. The van der Waals surface area contributed by atoms with E-state index in [0.717, 1.165) is 5.69 Å². The Hall–Kier alpha value is -2.29. The lowest BCUT2D eigenvalue weighted by atomic mass is 9.87. The highest BCUT2D eigenvalue weighted by Crippen LogP contribution is 2.25. The summed E-state index contributed by atoms with van der Waals surface area (Å²) in [6.45, 7) is 6.54. The maximum Gasteiger partial charge on any atom is 0.128 e. The summed E-state index contributed by atoms with van der Waals surface area (Å²) in [4.78, 5) is 4.39. The van der Waals surface area contributed by atoms with Crippen molar-refractivity contribution in [2.75, 3.05) is 7.11 Å². The van der Waals surface area contributed by atoms with E-state index in [-0.39, 0.29) is 11.2 Å². The molecule has 0 aliphatic rings. The average molecular weight is 283 g/mol. The number of hydrogen-bond acceptors (Lipinski definition) is 3. The molecule has 0 saturated carbocycles. The third kappa shape index (κ3) is 3.85. The van der Waals surface area contributed by atoms with Crippen molar-refractivity contribution in [1.29, 1.82) is 0 Å². The van der Waals surface area contributed by atoms with Crippen LogP contribution < -0.4 is 4.74 Å². The summed E-state index contributed by atoms with van der Waals surface area (Å²) in [5.74, 6) is 0.781. The zero-order valence-electron chi connectivity index (χ0n) is 12.9. The summed E-state index contributed by atoms with van der Waals surface area (Å²) >= 11 is 0. The Kier molecular flexibility index (Phi) is 4.32. The first-order valence-corrected chi connectivity index (χ1v) is 6.92. The molecule has 0 heterocycles. The molecule has 0 aliphatic heterocycles. The third-order valence-corrected chi connectivity index (χ3v) is 3.32. The Labute approximate surface area is 125 Å². The van der Waals surface area contributed by atoms with Crippen LogP contribution in [0.4, 0.5) is 5.69 Å². The summed E-state index contributed by atoms with van der Waals surface area (Å²) in [5, 5.41) is 9.88. The number of ether oxygens (including phenoxy) is 1. The molecule has 2 rings (SSSR count). The number of aliphatic imine (C=N–C) groups is 1. The average Bonchev–Trinajstić information content (AvgIpc) is 2.45. The first-order chi connectivity index (χ1) is 9.90. The van der Waals surface area contributed by atoms with Gasteiger partial charge in [0.15, 0.2) is 0 Å². The Morgan fingerprint density at radius 2 is 1.71 bits per heavy atom. The molecule has 1 N–H and O–H groups in total. The number of methoxy groups -OCH3 is 1. The van der Waals surface area contributed by atoms with Gasteiger partial charge in [-0.15, -0.1) is 0 Å². The number of phenols is 1. The number of phenolic OH excluding ortho intramolecular Hbond substituents is 1. The summed E-state index contributed by atoms with van der Waals surface area (Å²) in [7, 11) is 1.57. The first-order valence-electron chi connectivity index (χ1n) is 6.92. The van der Waals surface area contributed by atoms with Gasteiger partial charge in [0.25, 0.3) is 0 Å². The molecule has 0 aromatic heterocycles. The molecule has 110 valence electrons. The molecule has 0 spiro atoms. The van der Waals surface area contributed by atoms with E-state index >= 15 is 0 Å². The van der Waals surface area contributed by atoms with Gasteiger partial charge in [0.05, 0.1) is 12.8 Å². The highest BCUT2D eigenvalue weighted by Gasteiger charge is 2.12. The van der Waals surface area contributed by atoms with E-state index in [1.165, 1.54) is 5.56 Å². The maximum absolute atomic E-state index is 9.88. The van der Waals surface area contributed by atoms with Crippen LogP contribution in [0.2, 0.25) is 0 Å². The second-order valence-electron chi connectivity index (χ2n) is 5.98. The number of hydrogen-bond donors (Lipinski definition) is 1. The molecule has 0 unspecified atom stereocenters. The van der Waals surface area contributed by atoms with Crippen LogP contribution in [0.1, 0.15) is 31.9 Å². The molecule has 0 bridgehead atoms. The Morgan fingerprint density at radius 1 is 1.05 bits per heavy atom. The van der Waals surface area contributed by atoms with E-state index in [1.807, 2.05) is 12.1 Å². The lowest BCUT2D eigenvalue weighted by Gasteiger charge is -2.18. The van der Waals surface area contributed by atoms with Crippen LogP contribution in [0.15, 0.2) is 47.5 Å². The highest BCUT2D eigenvalue weighted by molar-refractivity contribution is 5.85. The summed E-state index contributed by atoms with van der Waals surface area (Å²) < 4.78 is 5.05. The molecule has 0 amide bonds. The van der Waals surface area contributed by atoms with Crippen molar-refractivity contribution in [3.05, 3.63) is 53.6 Å². The van der Waals surface area contributed by atoms with Gasteiger partial charge in [0.1, 0.15) is 11.5 Å². The molecule has 0 saturated heterocycles. The van der Waals surface area contributed by atoms with Crippen LogP contribution in [0, 0.1) is 0 Å². The minimum atomic E-state index is 0.135. The summed E-state index contributed by atoms with van der Waals surface area (Å²) in [6.07, 6.45) is 1.65. The Balaban J connectivity index is 2.18. The molecular formula is C18H21NO2. The quantitative estimate of drug-likeness (QED) is 0.846. The van der Waals surface area contributed by atoms with E-state index in [0.29, 0.717) is 11.3 Å². The molecule has 0 atom stereocenters. The van der Waals surface area contributed by atoms with Gasteiger partial charge in [-0.25, -0.2) is 0 Å². The van der Waals surface area contributed by atoms with Crippen molar-refractivity contribution in [1.82, 2.24) is 0 Å². The van der Waals surface area contributed by atoms with Crippen LogP contribution >= 0.6 is 0 Å². The maximum atomic E-state index is 9.88. The van der Waals surface area contributed by atoms with E-state index in [4.69, 9.17) is 4.74 Å². The third-order valence-electron chi connectivity index (χ3n) is 3.32. The van der Waals surface area contributed by atoms with Crippen molar-refractivity contribution < 1.29 is 9.84 Å². The molecule has 3 nitrogen and oxygen atoms in total. The van der Waals surface area contributed by atoms with Gasteiger partial charge in [0.2, 0.25) is 0 Å². The van der Waals surface area contributed by atoms with Crippen molar-refractivity contribution in [2.24, 2.45) is 4.99 Å². The van der Waals surface area contributed by atoms with Gasteiger partial charge in [-0.3, -0.25) is 4.99 Å². The monoisotopic (exact) mass is 283 g/mol. The number of nitrogens with zero attached hydrogens (tertiary/aromatic N) is 1. The molecule has 0 radical (unpaired) electrons. The van der Waals surface area contributed by atoms with Crippen molar-refractivity contribution in [3.8, 4) is 11.5 Å². The summed E-state index contributed by atoms with van der Waals surface area (Å²) in [5.41, 5.74) is 2.93. The molecule has 0 aliphatic carbocycles. The minimum Gasteiger partial charge on any atom is -0.507 e. The molecule has 0 fully saturated rings. The molecule has 2 aromatic rings. The van der Waals surface area contributed by atoms with E-state index in [2.05, 4.69) is 37.9 Å². The molecule has 2 aromatic carbocycles. The summed E-state index contributed by atoms with van der Waals surface area (Å²) in [6, 6.07) is 13.3. The van der Waals surface area contributed by atoms with Crippen LogP contribution in [-0.4, -0.2) is 18.4 Å². The predicted octanol–water partition coefficient (Wildman–Crippen LogP) is 4.45. The van der Waals surface area contributed by atoms with Crippen LogP contribution in [-0.2, 0) is 5.41 Å². The SMILES string of the molecule is COc1ccc(C=Nc2ccc(C(C)(C)C)cc2)c(O)c1. The van der Waals surface area contributed by atoms with Crippen molar-refractivity contribution >= 4 is 11.9 Å².